The minimum absolute atomic E-state index is 0.0634. The second-order valence-corrected chi connectivity index (χ2v) is 10.5. The van der Waals surface area contributed by atoms with E-state index in [1.165, 1.54) is 18.5 Å². The van der Waals surface area contributed by atoms with Crippen molar-refractivity contribution in [3.63, 3.8) is 0 Å². The molecule has 0 radical (unpaired) electrons. The topological polar surface area (TPSA) is 135 Å². The zero-order chi connectivity index (χ0) is 30.7. The molecule has 11 nitrogen and oxygen atoms in total. The number of anilines is 2. The van der Waals surface area contributed by atoms with Gasteiger partial charge < -0.3 is 20.9 Å². The lowest BCUT2D eigenvalue weighted by atomic mass is 10.1. The fourth-order valence-corrected chi connectivity index (χ4v) is 4.92. The molecule has 1 atom stereocenters. The Morgan fingerprint density at radius 3 is 2.63 bits per heavy atom. The lowest BCUT2D eigenvalue weighted by Gasteiger charge is -2.32. The Bertz CT molecular complexity index is 1670. The van der Waals surface area contributed by atoms with E-state index in [0.29, 0.717) is 41.9 Å². The monoisotopic (exact) mass is 593 g/mol. The molecule has 1 aliphatic rings. The van der Waals surface area contributed by atoms with Crippen LogP contribution in [0.2, 0.25) is 0 Å². The number of halogens is 3. The van der Waals surface area contributed by atoms with Gasteiger partial charge in [0.15, 0.2) is 5.65 Å². The number of fused-ring (bicyclic) bond motifs is 1. The van der Waals surface area contributed by atoms with Crippen LogP contribution in [0.15, 0.2) is 61.1 Å². The van der Waals surface area contributed by atoms with Gasteiger partial charge in [0.05, 0.1) is 17.0 Å². The summed E-state index contributed by atoms with van der Waals surface area (Å²) in [5.41, 5.74) is 7.23. The molecule has 0 spiro atoms. The Kier molecular flexibility index (Phi) is 8.39. The molecule has 2 amide bonds. The number of likely N-dealkylation sites (N-methyl/N-ethyl adjacent to an activating group) is 1. The van der Waals surface area contributed by atoms with E-state index in [1.807, 2.05) is 25.1 Å². The molecular weight excluding hydrogens is 563 g/mol. The molecule has 1 aliphatic heterocycles. The molecule has 3 N–H and O–H groups in total. The summed E-state index contributed by atoms with van der Waals surface area (Å²) in [6.07, 6.45) is 2.80. The SMILES string of the molecule is CN(C)C/C=C/C(=O)N1CCC[C@@H](n2nc(-c3ccc(C(=O)Nc4cc(C(F)(F)F)ccn4)cc3)c3c(N)ncnc32)C1. The maximum absolute atomic E-state index is 13.0. The zero-order valence-electron chi connectivity index (χ0n) is 23.5. The molecule has 224 valence electrons. The first-order valence-corrected chi connectivity index (χ1v) is 13.5. The fourth-order valence-electron chi connectivity index (χ4n) is 4.92. The number of likely N-dealkylation sites (tertiary alicyclic amines) is 1. The first-order valence-electron chi connectivity index (χ1n) is 13.5. The van der Waals surface area contributed by atoms with Gasteiger partial charge in [-0.1, -0.05) is 18.2 Å². The second kappa shape index (κ2) is 12.2. The summed E-state index contributed by atoms with van der Waals surface area (Å²) in [7, 11) is 3.86. The molecule has 1 aromatic carbocycles. The fraction of sp³-hybridized carbons (Fsp3) is 0.310. The Labute approximate surface area is 245 Å². The standard InChI is InChI=1S/C29H30F3N9O2/c1-39(2)13-4-6-23(42)40-14-3-5-21(16-40)41-27-24(26(33)35-17-36-27)25(38-41)18-7-9-19(10-8-18)28(43)37-22-15-20(11-12-34-22)29(30,31)32/h4,6-12,15,17,21H,3,5,13-14,16H2,1-2H3,(H2,33,35,36)(H,34,37,43)/b6-4+/t21-/m1/s1. The van der Waals surface area contributed by atoms with E-state index in [2.05, 4.69) is 20.3 Å². The molecule has 0 bridgehead atoms. The van der Waals surface area contributed by atoms with Crippen molar-refractivity contribution in [2.24, 2.45) is 0 Å². The van der Waals surface area contributed by atoms with E-state index in [1.54, 1.807) is 27.8 Å². The molecular formula is C29H30F3N9O2. The number of amides is 2. The van der Waals surface area contributed by atoms with Crippen molar-refractivity contribution < 1.29 is 22.8 Å². The van der Waals surface area contributed by atoms with Crippen molar-refractivity contribution in [2.75, 3.05) is 44.8 Å². The van der Waals surface area contributed by atoms with Crippen LogP contribution in [-0.4, -0.2) is 80.1 Å². The van der Waals surface area contributed by atoms with Crippen molar-refractivity contribution in [1.82, 2.24) is 34.5 Å². The number of nitrogen functional groups attached to an aromatic ring is 1. The van der Waals surface area contributed by atoms with Gasteiger partial charge in [0.2, 0.25) is 5.91 Å². The third-order valence-corrected chi connectivity index (χ3v) is 7.05. The minimum Gasteiger partial charge on any atom is -0.383 e. The van der Waals surface area contributed by atoms with Crippen LogP contribution in [-0.2, 0) is 11.0 Å². The highest BCUT2D eigenvalue weighted by Crippen LogP contribution is 2.34. The molecule has 0 aliphatic carbocycles. The van der Waals surface area contributed by atoms with Crippen molar-refractivity contribution in [3.8, 4) is 11.3 Å². The van der Waals surface area contributed by atoms with Crippen LogP contribution >= 0.6 is 0 Å². The third-order valence-electron chi connectivity index (χ3n) is 7.05. The largest absolute Gasteiger partial charge is 0.416 e. The van der Waals surface area contributed by atoms with Gasteiger partial charge in [-0.2, -0.15) is 18.3 Å². The number of hydrogen-bond donors (Lipinski definition) is 2. The summed E-state index contributed by atoms with van der Waals surface area (Å²) in [5, 5.41) is 7.79. The number of benzene rings is 1. The van der Waals surface area contributed by atoms with Crippen LogP contribution < -0.4 is 11.1 Å². The van der Waals surface area contributed by atoms with Crippen LogP contribution in [0.3, 0.4) is 0 Å². The Morgan fingerprint density at radius 1 is 1.14 bits per heavy atom. The number of carbonyl (C=O) groups is 2. The number of pyridine rings is 1. The zero-order valence-corrected chi connectivity index (χ0v) is 23.5. The Hall–Kier alpha value is -4.85. The summed E-state index contributed by atoms with van der Waals surface area (Å²) >= 11 is 0. The predicted molar refractivity (Wildman–Crippen MR) is 155 cm³/mol. The maximum Gasteiger partial charge on any atom is 0.416 e. The molecule has 1 saturated heterocycles. The Balaban J connectivity index is 1.39. The van der Waals surface area contributed by atoms with E-state index >= 15 is 0 Å². The van der Waals surface area contributed by atoms with E-state index in [4.69, 9.17) is 10.8 Å². The van der Waals surface area contributed by atoms with E-state index in [-0.39, 0.29) is 29.1 Å². The number of rotatable bonds is 7. The van der Waals surface area contributed by atoms with Gasteiger partial charge in [0.1, 0.15) is 23.7 Å². The molecule has 5 rings (SSSR count). The average Bonchev–Trinajstić information content (AvgIpc) is 3.38. The molecule has 0 saturated carbocycles. The van der Waals surface area contributed by atoms with Crippen molar-refractivity contribution in [1.29, 1.82) is 0 Å². The number of alkyl halides is 3. The van der Waals surface area contributed by atoms with Gasteiger partial charge in [0, 0.05) is 43.0 Å². The normalized spacial score (nSPS) is 15.9. The molecule has 14 heteroatoms. The van der Waals surface area contributed by atoms with E-state index < -0.39 is 17.6 Å². The van der Waals surface area contributed by atoms with Crippen molar-refractivity contribution in [2.45, 2.75) is 25.1 Å². The summed E-state index contributed by atoms with van der Waals surface area (Å²) in [6.45, 7) is 1.76. The number of hydrogen-bond acceptors (Lipinski definition) is 8. The molecule has 4 aromatic rings. The smallest absolute Gasteiger partial charge is 0.383 e. The molecule has 3 aromatic heterocycles. The van der Waals surface area contributed by atoms with Gasteiger partial charge in [-0.25, -0.2) is 19.6 Å². The summed E-state index contributed by atoms with van der Waals surface area (Å²) in [6, 6.07) is 7.85. The number of aromatic nitrogens is 5. The van der Waals surface area contributed by atoms with Gasteiger partial charge in [-0.15, -0.1) is 0 Å². The second-order valence-electron chi connectivity index (χ2n) is 10.5. The maximum atomic E-state index is 13.0. The third kappa shape index (κ3) is 6.64. The highest BCUT2D eigenvalue weighted by atomic mass is 19.4. The molecule has 43 heavy (non-hydrogen) atoms. The minimum atomic E-state index is -4.56. The molecule has 0 unspecified atom stereocenters. The lowest BCUT2D eigenvalue weighted by molar-refractivity contribution is -0.137. The average molecular weight is 594 g/mol. The van der Waals surface area contributed by atoms with Crippen LogP contribution in [0.5, 0.6) is 0 Å². The van der Waals surface area contributed by atoms with Gasteiger partial charge in [0.25, 0.3) is 5.91 Å². The van der Waals surface area contributed by atoms with Gasteiger partial charge >= 0.3 is 6.18 Å². The summed E-state index contributed by atoms with van der Waals surface area (Å²) in [5.74, 6) is -0.666. The van der Waals surface area contributed by atoms with Crippen LogP contribution in [0.25, 0.3) is 22.3 Å². The highest BCUT2D eigenvalue weighted by molar-refractivity contribution is 6.04. The first kappa shape index (κ1) is 29.6. The first-order chi connectivity index (χ1) is 20.5. The van der Waals surface area contributed by atoms with Gasteiger partial charge in [-0.05, 0) is 51.2 Å². The number of piperidine rings is 1. The van der Waals surface area contributed by atoms with E-state index in [0.717, 1.165) is 31.2 Å². The summed E-state index contributed by atoms with van der Waals surface area (Å²) < 4.78 is 40.9. The number of carbonyl (C=O) groups excluding carboxylic acids is 2. The number of nitrogens with two attached hydrogens (primary N) is 1. The quantitative estimate of drug-likeness (QED) is 0.307. The van der Waals surface area contributed by atoms with Crippen molar-refractivity contribution >= 4 is 34.5 Å². The van der Waals surface area contributed by atoms with Crippen molar-refractivity contribution in [3.05, 3.63) is 72.2 Å². The van der Waals surface area contributed by atoms with E-state index in [9.17, 15) is 22.8 Å². The van der Waals surface area contributed by atoms with Crippen LogP contribution in [0.4, 0.5) is 24.8 Å². The molecule has 1 fully saturated rings. The van der Waals surface area contributed by atoms with Crippen LogP contribution in [0.1, 0.15) is 34.8 Å². The number of nitrogens with one attached hydrogen (secondary N) is 1. The predicted octanol–water partition coefficient (Wildman–Crippen LogP) is 4.02. The van der Waals surface area contributed by atoms with Crippen LogP contribution in [0, 0.1) is 0 Å². The number of nitrogens with zero attached hydrogens (tertiary/aromatic N) is 7. The van der Waals surface area contributed by atoms with Gasteiger partial charge in [-0.3, -0.25) is 9.59 Å². The highest BCUT2D eigenvalue weighted by Gasteiger charge is 2.31. The summed E-state index contributed by atoms with van der Waals surface area (Å²) in [4.78, 5) is 41.7. The molecule has 4 heterocycles. The lowest BCUT2D eigenvalue weighted by Crippen LogP contribution is -2.40. The Morgan fingerprint density at radius 2 is 1.91 bits per heavy atom.